The van der Waals surface area contributed by atoms with E-state index in [-0.39, 0.29) is 11.8 Å². The first-order chi connectivity index (χ1) is 11.1. The average molecular weight is 319 g/mol. The topological polar surface area (TPSA) is 48.0 Å². The summed E-state index contributed by atoms with van der Waals surface area (Å²) in [4.78, 5) is 14.7. The molecule has 1 fully saturated rings. The van der Waals surface area contributed by atoms with E-state index >= 15 is 0 Å². The van der Waals surface area contributed by atoms with E-state index in [0.717, 1.165) is 30.0 Å². The molecule has 2 aliphatic heterocycles. The van der Waals surface area contributed by atoms with Crippen LogP contribution in [-0.4, -0.2) is 43.8 Å². The lowest BCUT2D eigenvalue weighted by atomic mass is 10.1. The molecule has 0 saturated carbocycles. The van der Waals surface area contributed by atoms with Gasteiger partial charge in [0.15, 0.2) is 11.5 Å². The molecule has 0 radical (unpaired) electrons. The van der Waals surface area contributed by atoms with Gasteiger partial charge in [-0.2, -0.15) is 0 Å². The van der Waals surface area contributed by atoms with Gasteiger partial charge in [0.05, 0.1) is 12.5 Å². The van der Waals surface area contributed by atoms with Crippen LogP contribution in [0.1, 0.15) is 25.8 Å². The molecule has 2 aliphatic rings. The Hall–Kier alpha value is -1.75. The van der Waals surface area contributed by atoms with Crippen LogP contribution in [0.2, 0.25) is 0 Å². The molecule has 1 saturated heterocycles. The zero-order valence-corrected chi connectivity index (χ0v) is 13.9. The van der Waals surface area contributed by atoms with Crippen molar-refractivity contribution in [2.75, 3.05) is 33.0 Å². The Morgan fingerprint density at radius 1 is 1.22 bits per heavy atom. The molecule has 1 amide bonds. The number of benzene rings is 1. The van der Waals surface area contributed by atoms with Crippen molar-refractivity contribution < 1.29 is 19.0 Å². The third-order valence-corrected chi connectivity index (χ3v) is 4.16. The molecule has 1 atom stereocenters. The van der Waals surface area contributed by atoms with Crippen LogP contribution >= 0.6 is 0 Å². The van der Waals surface area contributed by atoms with Crippen molar-refractivity contribution in [2.45, 2.75) is 26.8 Å². The average Bonchev–Trinajstić information content (AvgIpc) is 3.07. The van der Waals surface area contributed by atoms with E-state index in [1.54, 1.807) is 0 Å². The van der Waals surface area contributed by atoms with Crippen LogP contribution in [-0.2, 0) is 16.1 Å². The Morgan fingerprint density at radius 2 is 2.00 bits per heavy atom. The van der Waals surface area contributed by atoms with Gasteiger partial charge in [-0.1, -0.05) is 19.9 Å². The molecule has 0 N–H and O–H groups in total. The van der Waals surface area contributed by atoms with Gasteiger partial charge in [-0.15, -0.1) is 0 Å². The summed E-state index contributed by atoms with van der Waals surface area (Å²) >= 11 is 0. The fourth-order valence-corrected chi connectivity index (χ4v) is 3.07. The van der Waals surface area contributed by atoms with Crippen LogP contribution in [0, 0.1) is 11.8 Å². The van der Waals surface area contributed by atoms with E-state index in [2.05, 4.69) is 13.8 Å². The summed E-state index contributed by atoms with van der Waals surface area (Å²) in [6, 6.07) is 5.93. The molecule has 126 valence electrons. The van der Waals surface area contributed by atoms with Gasteiger partial charge < -0.3 is 19.1 Å². The van der Waals surface area contributed by atoms with Gasteiger partial charge in [-0.3, -0.25) is 4.79 Å². The van der Waals surface area contributed by atoms with E-state index in [4.69, 9.17) is 14.2 Å². The number of rotatable bonds is 5. The summed E-state index contributed by atoms with van der Waals surface area (Å²) < 4.78 is 16.6. The quantitative estimate of drug-likeness (QED) is 0.836. The van der Waals surface area contributed by atoms with Gasteiger partial charge in [-0.25, -0.2) is 0 Å². The molecule has 0 aromatic heterocycles. The molecule has 23 heavy (non-hydrogen) atoms. The molecule has 3 rings (SSSR count). The second-order valence-electron chi connectivity index (χ2n) is 6.65. The third kappa shape index (κ3) is 3.96. The summed E-state index contributed by atoms with van der Waals surface area (Å²) in [7, 11) is 0. The Bertz CT molecular complexity index is 552. The van der Waals surface area contributed by atoms with Crippen LogP contribution in [0.5, 0.6) is 11.5 Å². The van der Waals surface area contributed by atoms with Crippen LogP contribution in [0.3, 0.4) is 0 Å². The Morgan fingerprint density at radius 3 is 2.70 bits per heavy atom. The number of ether oxygens (including phenoxy) is 3. The summed E-state index contributed by atoms with van der Waals surface area (Å²) in [5.41, 5.74) is 1.07. The minimum Gasteiger partial charge on any atom is -0.486 e. The Balaban J connectivity index is 1.73. The van der Waals surface area contributed by atoms with Crippen LogP contribution in [0.15, 0.2) is 18.2 Å². The van der Waals surface area contributed by atoms with Crippen LogP contribution in [0.25, 0.3) is 0 Å². The smallest absolute Gasteiger partial charge is 0.228 e. The van der Waals surface area contributed by atoms with E-state index in [0.29, 0.717) is 38.9 Å². The lowest BCUT2D eigenvalue weighted by Crippen LogP contribution is -2.38. The molecule has 2 heterocycles. The first-order valence-electron chi connectivity index (χ1n) is 8.38. The first-order valence-corrected chi connectivity index (χ1v) is 8.38. The van der Waals surface area contributed by atoms with Crippen molar-refractivity contribution in [3.05, 3.63) is 23.8 Å². The van der Waals surface area contributed by atoms with Crippen molar-refractivity contribution >= 4 is 5.91 Å². The van der Waals surface area contributed by atoms with Crippen molar-refractivity contribution in [3.8, 4) is 11.5 Å². The molecular weight excluding hydrogens is 294 g/mol. The van der Waals surface area contributed by atoms with Gasteiger partial charge in [-0.05, 0) is 30.0 Å². The van der Waals surface area contributed by atoms with Gasteiger partial charge in [0.25, 0.3) is 0 Å². The number of nitrogens with zero attached hydrogens (tertiary/aromatic N) is 1. The molecule has 1 unspecified atom stereocenters. The van der Waals surface area contributed by atoms with Gasteiger partial charge in [0.1, 0.15) is 13.2 Å². The van der Waals surface area contributed by atoms with Crippen molar-refractivity contribution in [1.29, 1.82) is 0 Å². The standard InChI is InChI=1S/C18H25NO4/c1-13(2)10-19(18(20)15-5-6-21-12-15)11-14-3-4-16-17(9-14)23-8-7-22-16/h3-4,9,13,15H,5-8,10-12H2,1-2H3. The molecule has 0 aliphatic carbocycles. The number of carbonyl (C=O) groups excluding carboxylic acids is 1. The van der Waals surface area contributed by atoms with Crippen molar-refractivity contribution in [1.82, 2.24) is 4.90 Å². The molecule has 5 nitrogen and oxygen atoms in total. The fraction of sp³-hybridized carbons (Fsp3) is 0.611. The number of hydrogen-bond donors (Lipinski definition) is 0. The predicted octanol–water partition coefficient (Wildman–Crippen LogP) is 2.48. The van der Waals surface area contributed by atoms with E-state index in [1.165, 1.54) is 0 Å². The SMILES string of the molecule is CC(C)CN(Cc1ccc2c(c1)OCCO2)C(=O)C1CCOC1. The van der Waals surface area contributed by atoms with Crippen LogP contribution < -0.4 is 9.47 Å². The predicted molar refractivity (Wildman–Crippen MR) is 86.6 cm³/mol. The monoisotopic (exact) mass is 319 g/mol. The zero-order valence-electron chi connectivity index (χ0n) is 13.9. The van der Waals surface area contributed by atoms with E-state index in [9.17, 15) is 4.79 Å². The molecular formula is C18H25NO4. The second-order valence-corrected chi connectivity index (χ2v) is 6.65. The highest BCUT2D eigenvalue weighted by Gasteiger charge is 2.28. The number of fused-ring (bicyclic) bond motifs is 1. The fourth-order valence-electron chi connectivity index (χ4n) is 3.07. The minimum atomic E-state index is 0.00552. The van der Waals surface area contributed by atoms with Crippen molar-refractivity contribution in [2.24, 2.45) is 11.8 Å². The summed E-state index contributed by atoms with van der Waals surface area (Å²) in [6.07, 6.45) is 0.828. The second kappa shape index (κ2) is 7.21. The number of amides is 1. The summed E-state index contributed by atoms with van der Waals surface area (Å²) in [5.74, 6) is 2.19. The lowest BCUT2D eigenvalue weighted by molar-refractivity contribution is -0.136. The molecule has 1 aromatic rings. The largest absolute Gasteiger partial charge is 0.486 e. The van der Waals surface area contributed by atoms with Gasteiger partial charge in [0.2, 0.25) is 5.91 Å². The van der Waals surface area contributed by atoms with Gasteiger partial charge in [0, 0.05) is 19.7 Å². The highest BCUT2D eigenvalue weighted by Crippen LogP contribution is 2.31. The van der Waals surface area contributed by atoms with Crippen LogP contribution in [0.4, 0.5) is 0 Å². The number of carbonyl (C=O) groups is 1. The van der Waals surface area contributed by atoms with Crippen molar-refractivity contribution in [3.63, 3.8) is 0 Å². The van der Waals surface area contributed by atoms with E-state index in [1.807, 2.05) is 23.1 Å². The molecule has 5 heteroatoms. The zero-order chi connectivity index (χ0) is 16.2. The maximum Gasteiger partial charge on any atom is 0.228 e. The highest BCUT2D eigenvalue weighted by atomic mass is 16.6. The molecule has 1 aromatic carbocycles. The maximum absolute atomic E-state index is 12.8. The normalized spacial score (nSPS) is 19.9. The molecule has 0 bridgehead atoms. The van der Waals surface area contributed by atoms with Gasteiger partial charge >= 0.3 is 0 Å². The first kappa shape index (κ1) is 16.1. The summed E-state index contributed by atoms with van der Waals surface area (Å²) in [5, 5.41) is 0. The Kier molecular flexibility index (Phi) is 5.06. The maximum atomic E-state index is 12.8. The minimum absolute atomic E-state index is 0.00552. The summed E-state index contributed by atoms with van der Waals surface area (Å²) in [6.45, 7) is 8.03. The highest BCUT2D eigenvalue weighted by molar-refractivity contribution is 5.79. The Labute approximate surface area is 137 Å². The van der Waals surface area contributed by atoms with E-state index < -0.39 is 0 Å². The number of hydrogen-bond acceptors (Lipinski definition) is 4. The third-order valence-electron chi connectivity index (χ3n) is 4.16. The lowest BCUT2D eigenvalue weighted by Gasteiger charge is -2.27. The molecule has 0 spiro atoms.